The lowest BCUT2D eigenvalue weighted by atomic mass is 9.58. The van der Waals surface area contributed by atoms with Crippen LogP contribution in [0.5, 0.6) is 0 Å². The molecule has 63 heavy (non-hydrogen) atoms. The predicted octanol–water partition coefficient (Wildman–Crippen LogP) is 15.5. The van der Waals surface area contributed by atoms with Gasteiger partial charge in [0.1, 0.15) is 0 Å². The highest BCUT2D eigenvalue weighted by atomic mass is 15.2. The van der Waals surface area contributed by atoms with Gasteiger partial charge in [0.15, 0.2) is 0 Å². The van der Waals surface area contributed by atoms with Crippen LogP contribution in [0.3, 0.4) is 0 Å². The molecule has 1 saturated carbocycles. The molecular weight excluding hydrogens is 761 g/mol. The Morgan fingerprint density at radius 1 is 0.524 bits per heavy atom. The van der Waals surface area contributed by atoms with Crippen LogP contribution in [0.2, 0.25) is 0 Å². The maximum atomic E-state index is 2.77. The summed E-state index contributed by atoms with van der Waals surface area (Å²) in [6.45, 7) is 0. The van der Waals surface area contributed by atoms with Crippen LogP contribution in [0.25, 0.3) is 11.1 Å². The number of hydrogen-bond donors (Lipinski definition) is 0. The van der Waals surface area contributed by atoms with E-state index in [2.05, 4.69) is 216 Å². The quantitative estimate of drug-likeness (QED) is 0.163. The van der Waals surface area contributed by atoms with Crippen molar-refractivity contribution in [3.63, 3.8) is 0 Å². The molecule has 12 rings (SSSR count). The highest BCUT2D eigenvalue weighted by Crippen LogP contribution is 2.71. The summed E-state index contributed by atoms with van der Waals surface area (Å²) >= 11 is 0. The Bertz CT molecular complexity index is 2780. The molecule has 7 atom stereocenters. The van der Waals surface area contributed by atoms with Crippen LogP contribution in [0, 0.1) is 29.6 Å². The fourth-order valence-corrected chi connectivity index (χ4v) is 13.1. The highest BCUT2D eigenvalue weighted by Gasteiger charge is 2.66. The van der Waals surface area contributed by atoms with Crippen molar-refractivity contribution in [3.05, 3.63) is 246 Å². The summed E-state index contributed by atoms with van der Waals surface area (Å²) in [4.78, 5) is 5.26. The van der Waals surface area contributed by atoms with Crippen LogP contribution in [0.4, 0.5) is 17.1 Å². The lowest BCUT2D eigenvalue weighted by Gasteiger charge is -2.45. The SMILES string of the molecule is C1=CCCC(N(C2=CC3C(C=C2)C2C=CC=CC2C32c3cccc(N(c4ccccc4)c4cccc(C5=CCCC=C5)c4)c3C3CCC=CC32)C2=CC(c3ccccc3)=CCC2)=C1. The van der Waals surface area contributed by atoms with Gasteiger partial charge in [-0.05, 0) is 169 Å². The summed E-state index contributed by atoms with van der Waals surface area (Å²) in [5, 5.41) is 0. The molecule has 0 saturated heterocycles. The van der Waals surface area contributed by atoms with E-state index < -0.39 is 0 Å². The second-order valence-corrected chi connectivity index (χ2v) is 18.8. The Hall–Kier alpha value is -6.38. The number of rotatable bonds is 8. The molecule has 0 radical (unpaired) electrons. The van der Waals surface area contributed by atoms with Crippen molar-refractivity contribution in [1.29, 1.82) is 0 Å². The normalized spacial score (nSPS) is 28.3. The van der Waals surface area contributed by atoms with Crippen molar-refractivity contribution >= 4 is 28.2 Å². The maximum absolute atomic E-state index is 2.77. The Balaban J connectivity index is 1.04. The monoisotopic (exact) mass is 816 g/mol. The zero-order valence-electron chi connectivity index (χ0n) is 36.1. The Labute approximate surface area is 374 Å². The molecule has 1 fully saturated rings. The molecule has 310 valence electrons. The molecule has 0 bridgehead atoms. The van der Waals surface area contributed by atoms with E-state index in [-0.39, 0.29) is 5.41 Å². The highest BCUT2D eigenvalue weighted by molar-refractivity contribution is 5.84. The molecule has 8 aliphatic rings. The summed E-state index contributed by atoms with van der Waals surface area (Å²) < 4.78 is 0. The topological polar surface area (TPSA) is 6.48 Å². The van der Waals surface area contributed by atoms with Gasteiger partial charge in [-0.1, -0.05) is 158 Å². The van der Waals surface area contributed by atoms with Gasteiger partial charge >= 0.3 is 0 Å². The van der Waals surface area contributed by atoms with Gasteiger partial charge in [-0.3, -0.25) is 0 Å². The molecule has 0 N–H and O–H groups in total. The van der Waals surface area contributed by atoms with E-state index in [4.69, 9.17) is 0 Å². The van der Waals surface area contributed by atoms with Crippen LogP contribution in [-0.2, 0) is 5.41 Å². The molecule has 4 aromatic carbocycles. The van der Waals surface area contributed by atoms with Crippen molar-refractivity contribution in [2.24, 2.45) is 29.6 Å². The molecule has 8 aliphatic carbocycles. The Morgan fingerprint density at radius 2 is 1.32 bits per heavy atom. The fourth-order valence-electron chi connectivity index (χ4n) is 13.1. The van der Waals surface area contributed by atoms with Gasteiger partial charge in [0, 0.05) is 39.6 Å². The third-order valence-electron chi connectivity index (χ3n) is 15.6. The maximum Gasteiger partial charge on any atom is 0.0499 e. The first-order valence-corrected chi connectivity index (χ1v) is 23.8. The van der Waals surface area contributed by atoms with Gasteiger partial charge in [0.2, 0.25) is 0 Å². The second-order valence-electron chi connectivity index (χ2n) is 18.8. The first-order chi connectivity index (χ1) is 31.3. The summed E-state index contributed by atoms with van der Waals surface area (Å²) in [7, 11) is 0. The summed E-state index contributed by atoms with van der Waals surface area (Å²) in [6.07, 6.45) is 50.6. The molecule has 0 aromatic heterocycles. The largest absolute Gasteiger partial charge is 0.318 e. The first kappa shape index (κ1) is 38.3. The Morgan fingerprint density at radius 3 is 2.17 bits per heavy atom. The van der Waals surface area contributed by atoms with Crippen LogP contribution < -0.4 is 4.90 Å². The summed E-state index contributed by atoms with van der Waals surface area (Å²) in [5.74, 6) is 2.36. The number of para-hydroxylation sites is 1. The van der Waals surface area contributed by atoms with Crippen molar-refractivity contribution in [2.45, 2.75) is 62.7 Å². The van der Waals surface area contributed by atoms with Crippen LogP contribution >= 0.6 is 0 Å². The molecular formula is C61H56N2. The third-order valence-corrected chi connectivity index (χ3v) is 15.6. The molecule has 0 amide bonds. The van der Waals surface area contributed by atoms with Crippen molar-refractivity contribution in [1.82, 2.24) is 4.90 Å². The molecule has 0 heterocycles. The number of benzene rings is 4. The van der Waals surface area contributed by atoms with Crippen molar-refractivity contribution in [2.75, 3.05) is 4.90 Å². The second kappa shape index (κ2) is 16.1. The van der Waals surface area contributed by atoms with E-state index in [1.54, 1.807) is 11.1 Å². The smallest absolute Gasteiger partial charge is 0.0499 e. The molecule has 2 nitrogen and oxygen atoms in total. The molecule has 1 spiro atoms. The van der Waals surface area contributed by atoms with Gasteiger partial charge in [-0.2, -0.15) is 0 Å². The Kier molecular flexibility index (Phi) is 9.77. The van der Waals surface area contributed by atoms with Gasteiger partial charge in [-0.15, -0.1) is 0 Å². The standard InChI is InChI=1S/C61H56N2/c1-5-20-43(21-6-1)45-24-17-30-49(40-45)62(47-26-9-3-10-27-47)51-38-39-53-52-32-13-15-34-55(52)61(58(53)42-51)56-35-16-14-33-54(56)60-57(61)36-19-37-59(60)63(48-28-11-4-12-29-48)50-31-18-25-46(41-50)44-22-7-2-8-23-44/h1,3-7,9,11-13,15-16,18-26,28-29,31-32,34-42,52-56,58H,2,8,10,14,17,27,30,33H2. The first-order valence-electron chi connectivity index (χ1n) is 23.8. The average molecular weight is 817 g/mol. The van der Waals surface area contributed by atoms with Gasteiger partial charge < -0.3 is 9.80 Å². The van der Waals surface area contributed by atoms with E-state index in [9.17, 15) is 0 Å². The minimum Gasteiger partial charge on any atom is -0.318 e. The fraction of sp³-hybridized carbons (Fsp3) is 0.246. The number of allylic oxidation sites excluding steroid dienone is 21. The van der Waals surface area contributed by atoms with E-state index in [1.807, 2.05) is 0 Å². The van der Waals surface area contributed by atoms with Crippen LogP contribution in [0.1, 0.15) is 79.5 Å². The summed E-state index contributed by atoms with van der Waals surface area (Å²) in [6, 6.07) is 38.8. The summed E-state index contributed by atoms with van der Waals surface area (Å²) in [5.41, 5.74) is 16.2. The van der Waals surface area contributed by atoms with Crippen molar-refractivity contribution in [3.8, 4) is 0 Å². The van der Waals surface area contributed by atoms with Gasteiger partial charge in [0.25, 0.3) is 0 Å². The lowest BCUT2D eigenvalue weighted by molar-refractivity contribution is 0.207. The zero-order valence-corrected chi connectivity index (χ0v) is 36.1. The van der Waals surface area contributed by atoms with Gasteiger partial charge in [-0.25, -0.2) is 0 Å². The average Bonchev–Trinajstić information content (AvgIpc) is 3.83. The van der Waals surface area contributed by atoms with E-state index in [0.717, 1.165) is 44.9 Å². The minimum atomic E-state index is -0.107. The molecule has 7 unspecified atom stereocenters. The number of hydrogen-bond acceptors (Lipinski definition) is 2. The minimum absolute atomic E-state index is 0.107. The number of fused-ring (bicyclic) bond motifs is 10. The molecule has 0 aliphatic heterocycles. The van der Waals surface area contributed by atoms with Crippen LogP contribution in [-0.4, -0.2) is 4.90 Å². The van der Waals surface area contributed by atoms with E-state index >= 15 is 0 Å². The van der Waals surface area contributed by atoms with E-state index in [0.29, 0.717) is 35.5 Å². The number of nitrogens with zero attached hydrogens (tertiary/aromatic N) is 2. The number of anilines is 3. The molecule has 2 heteroatoms. The van der Waals surface area contributed by atoms with Gasteiger partial charge in [0.05, 0.1) is 0 Å². The van der Waals surface area contributed by atoms with Crippen molar-refractivity contribution < 1.29 is 0 Å². The van der Waals surface area contributed by atoms with Crippen LogP contribution in [0.15, 0.2) is 224 Å². The third kappa shape index (κ3) is 6.36. The predicted molar refractivity (Wildman–Crippen MR) is 263 cm³/mol. The zero-order chi connectivity index (χ0) is 41.7. The lowest BCUT2D eigenvalue weighted by Crippen LogP contribution is -2.43. The molecule has 4 aromatic rings. The van der Waals surface area contributed by atoms with E-state index in [1.165, 1.54) is 62.8 Å².